The van der Waals surface area contributed by atoms with Gasteiger partial charge in [-0.25, -0.2) is 0 Å². The molecule has 4 heteroatoms. The Kier molecular flexibility index (Phi) is 6.63. The van der Waals surface area contributed by atoms with Crippen LogP contribution in [0.15, 0.2) is 18.2 Å². The van der Waals surface area contributed by atoms with E-state index in [9.17, 15) is 0 Å². The fraction of sp³-hybridized carbons (Fsp3) is 0.625. The van der Waals surface area contributed by atoms with Crippen molar-refractivity contribution in [1.29, 1.82) is 0 Å². The maximum atomic E-state index is 6.30. The van der Waals surface area contributed by atoms with Crippen LogP contribution in [0.1, 0.15) is 31.7 Å². The van der Waals surface area contributed by atoms with E-state index in [2.05, 4.69) is 12.2 Å². The first-order chi connectivity index (χ1) is 9.72. The van der Waals surface area contributed by atoms with Gasteiger partial charge in [-0.3, -0.25) is 0 Å². The summed E-state index contributed by atoms with van der Waals surface area (Å²) in [6.07, 6.45) is 4.35. The Morgan fingerprint density at radius 1 is 1.35 bits per heavy atom. The van der Waals surface area contributed by atoms with Gasteiger partial charge in [0.2, 0.25) is 0 Å². The molecule has 1 aliphatic rings. The van der Waals surface area contributed by atoms with Crippen LogP contribution in [0.2, 0.25) is 10.0 Å². The molecule has 1 saturated heterocycles. The van der Waals surface area contributed by atoms with Gasteiger partial charge in [-0.2, -0.15) is 0 Å². The lowest BCUT2D eigenvalue weighted by molar-refractivity contribution is 0.0393. The van der Waals surface area contributed by atoms with Gasteiger partial charge >= 0.3 is 0 Å². The molecule has 0 aliphatic carbocycles. The Labute approximate surface area is 131 Å². The van der Waals surface area contributed by atoms with Gasteiger partial charge in [-0.05, 0) is 55.8 Å². The molecule has 1 aromatic carbocycles. The lowest BCUT2D eigenvalue weighted by Gasteiger charge is -2.31. The van der Waals surface area contributed by atoms with E-state index in [-0.39, 0.29) is 0 Å². The SMILES string of the molecule is CCCNC(Cc1c(Cl)cccc1Cl)C1CCCOC1. The summed E-state index contributed by atoms with van der Waals surface area (Å²) in [5.41, 5.74) is 1.05. The molecule has 0 bridgehead atoms. The molecule has 1 N–H and O–H groups in total. The number of halogens is 2. The summed E-state index contributed by atoms with van der Waals surface area (Å²) < 4.78 is 5.64. The minimum atomic E-state index is 0.382. The summed E-state index contributed by atoms with van der Waals surface area (Å²) in [6.45, 7) is 4.93. The summed E-state index contributed by atoms with van der Waals surface area (Å²) in [6, 6.07) is 6.10. The smallest absolute Gasteiger partial charge is 0.0509 e. The van der Waals surface area contributed by atoms with Crippen molar-refractivity contribution in [3.8, 4) is 0 Å². The normalized spacial score (nSPS) is 20.9. The van der Waals surface area contributed by atoms with E-state index in [0.717, 1.165) is 54.6 Å². The maximum Gasteiger partial charge on any atom is 0.0509 e. The molecular weight excluding hydrogens is 293 g/mol. The highest BCUT2D eigenvalue weighted by atomic mass is 35.5. The summed E-state index contributed by atoms with van der Waals surface area (Å²) in [5, 5.41) is 5.17. The molecule has 1 aliphatic heterocycles. The first-order valence-electron chi connectivity index (χ1n) is 7.46. The van der Waals surface area contributed by atoms with Crippen LogP contribution < -0.4 is 5.32 Å². The molecule has 20 heavy (non-hydrogen) atoms. The Balaban J connectivity index is 2.09. The second-order valence-corrected chi connectivity index (χ2v) is 6.26. The zero-order chi connectivity index (χ0) is 14.4. The lowest BCUT2D eigenvalue weighted by Crippen LogP contribution is -2.42. The standard InChI is InChI=1S/C16H23Cl2NO/c1-2-8-19-16(12-5-4-9-20-11-12)10-13-14(17)6-3-7-15(13)18/h3,6-7,12,16,19H,2,4-5,8-11H2,1H3. The Morgan fingerprint density at radius 3 is 2.70 bits per heavy atom. The molecule has 0 amide bonds. The van der Waals surface area contributed by atoms with Gasteiger partial charge in [-0.1, -0.05) is 36.2 Å². The molecule has 1 heterocycles. The van der Waals surface area contributed by atoms with E-state index in [1.54, 1.807) is 0 Å². The molecule has 2 rings (SSSR count). The number of rotatable bonds is 6. The van der Waals surface area contributed by atoms with E-state index in [1.165, 1.54) is 6.42 Å². The second kappa shape index (κ2) is 8.23. The summed E-state index contributed by atoms with van der Waals surface area (Å²) in [7, 11) is 0. The Bertz CT molecular complexity index is 399. The summed E-state index contributed by atoms with van der Waals surface area (Å²) in [5.74, 6) is 0.544. The van der Waals surface area contributed by atoms with Crippen molar-refractivity contribution in [3.05, 3.63) is 33.8 Å². The minimum absolute atomic E-state index is 0.382. The van der Waals surface area contributed by atoms with E-state index in [4.69, 9.17) is 27.9 Å². The predicted octanol–water partition coefficient (Wildman–Crippen LogP) is 4.33. The van der Waals surface area contributed by atoms with Gasteiger partial charge in [0.05, 0.1) is 6.61 Å². The van der Waals surface area contributed by atoms with Crippen molar-refractivity contribution >= 4 is 23.2 Å². The Hall–Kier alpha value is -0.280. The molecule has 0 aromatic heterocycles. The van der Waals surface area contributed by atoms with Crippen molar-refractivity contribution in [3.63, 3.8) is 0 Å². The largest absolute Gasteiger partial charge is 0.381 e. The molecule has 1 aromatic rings. The van der Waals surface area contributed by atoms with Gasteiger partial charge in [0.15, 0.2) is 0 Å². The third kappa shape index (κ3) is 4.36. The first kappa shape index (κ1) is 16.1. The van der Waals surface area contributed by atoms with Crippen LogP contribution in [0.3, 0.4) is 0 Å². The number of hydrogen-bond acceptors (Lipinski definition) is 2. The van der Waals surface area contributed by atoms with Gasteiger partial charge in [-0.15, -0.1) is 0 Å². The fourth-order valence-electron chi connectivity index (χ4n) is 2.77. The van der Waals surface area contributed by atoms with Crippen LogP contribution in [0, 0.1) is 5.92 Å². The monoisotopic (exact) mass is 315 g/mol. The van der Waals surface area contributed by atoms with Crippen LogP contribution in [0.4, 0.5) is 0 Å². The van der Waals surface area contributed by atoms with E-state index in [0.29, 0.717) is 12.0 Å². The van der Waals surface area contributed by atoms with Crippen molar-refractivity contribution in [2.75, 3.05) is 19.8 Å². The van der Waals surface area contributed by atoms with Gasteiger partial charge in [0.1, 0.15) is 0 Å². The topological polar surface area (TPSA) is 21.3 Å². The highest BCUT2D eigenvalue weighted by Gasteiger charge is 2.25. The highest BCUT2D eigenvalue weighted by molar-refractivity contribution is 6.36. The number of nitrogens with one attached hydrogen (secondary N) is 1. The summed E-state index contributed by atoms with van der Waals surface area (Å²) in [4.78, 5) is 0. The van der Waals surface area contributed by atoms with Crippen LogP contribution >= 0.6 is 23.2 Å². The summed E-state index contributed by atoms with van der Waals surface area (Å²) >= 11 is 12.6. The Morgan fingerprint density at radius 2 is 2.10 bits per heavy atom. The molecule has 0 saturated carbocycles. The number of ether oxygens (including phenoxy) is 1. The second-order valence-electron chi connectivity index (χ2n) is 5.44. The van der Waals surface area contributed by atoms with E-state index < -0.39 is 0 Å². The van der Waals surface area contributed by atoms with Crippen LogP contribution in [-0.4, -0.2) is 25.8 Å². The minimum Gasteiger partial charge on any atom is -0.381 e. The average Bonchev–Trinajstić information content (AvgIpc) is 2.47. The maximum absolute atomic E-state index is 6.30. The molecule has 2 unspecified atom stereocenters. The number of benzene rings is 1. The van der Waals surface area contributed by atoms with E-state index in [1.807, 2.05) is 18.2 Å². The third-order valence-electron chi connectivity index (χ3n) is 3.91. The van der Waals surface area contributed by atoms with Crippen LogP contribution in [0.5, 0.6) is 0 Å². The third-order valence-corrected chi connectivity index (χ3v) is 4.62. The van der Waals surface area contributed by atoms with Crippen molar-refractivity contribution < 1.29 is 4.74 Å². The quantitative estimate of drug-likeness (QED) is 0.843. The molecule has 0 radical (unpaired) electrons. The van der Waals surface area contributed by atoms with Gasteiger partial charge in [0, 0.05) is 22.7 Å². The molecular formula is C16H23Cl2NO. The van der Waals surface area contributed by atoms with Crippen molar-refractivity contribution in [2.24, 2.45) is 5.92 Å². The zero-order valence-corrected chi connectivity index (χ0v) is 13.5. The number of hydrogen-bond donors (Lipinski definition) is 1. The molecule has 2 atom stereocenters. The molecule has 1 fully saturated rings. The fourth-order valence-corrected chi connectivity index (χ4v) is 3.32. The predicted molar refractivity (Wildman–Crippen MR) is 85.8 cm³/mol. The van der Waals surface area contributed by atoms with Crippen molar-refractivity contribution in [2.45, 2.75) is 38.6 Å². The van der Waals surface area contributed by atoms with Crippen LogP contribution in [0.25, 0.3) is 0 Å². The van der Waals surface area contributed by atoms with Gasteiger partial charge < -0.3 is 10.1 Å². The first-order valence-corrected chi connectivity index (χ1v) is 8.22. The lowest BCUT2D eigenvalue weighted by atomic mass is 9.89. The van der Waals surface area contributed by atoms with E-state index >= 15 is 0 Å². The molecule has 2 nitrogen and oxygen atoms in total. The highest BCUT2D eigenvalue weighted by Crippen LogP contribution is 2.28. The molecule has 112 valence electrons. The van der Waals surface area contributed by atoms with Crippen molar-refractivity contribution in [1.82, 2.24) is 5.32 Å². The molecule has 0 spiro atoms. The average molecular weight is 316 g/mol. The zero-order valence-electron chi connectivity index (χ0n) is 12.0. The van der Waals surface area contributed by atoms with Gasteiger partial charge in [0.25, 0.3) is 0 Å². The van der Waals surface area contributed by atoms with Crippen LogP contribution in [-0.2, 0) is 11.2 Å².